The summed E-state index contributed by atoms with van der Waals surface area (Å²) >= 11 is 5.81. The van der Waals surface area contributed by atoms with Gasteiger partial charge in [0.05, 0.1) is 12.7 Å². The first kappa shape index (κ1) is 11.6. The van der Waals surface area contributed by atoms with Gasteiger partial charge in [0.15, 0.2) is 6.29 Å². The first-order valence-electron chi connectivity index (χ1n) is 4.99. The molecule has 0 spiro atoms. The molecule has 0 aliphatic heterocycles. The van der Waals surface area contributed by atoms with Crippen molar-refractivity contribution in [3.63, 3.8) is 0 Å². The van der Waals surface area contributed by atoms with Crippen molar-refractivity contribution in [3.8, 4) is 17.0 Å². The lowest BCUT2D eigenvalue weighted by Gasteiger charge is -2.05. The Bertz CT molecular complexity index is 538. The number of benzene rings is 1. The quantitative estimate of drug-likeness (QED) is 0.782. The molecule has 0 saturated heterocycles. The van der Waals surface area contributed by atoms with Crippen LogP contribution in [0.25, 0.3) is 11.1 Å². The molecule has 2 rings (SSSR count). The molecule has 0 bridgehead atoms. The van der Waals surface area contributed by atoms with E-state index in [4.69, 9.17) is 16.3 Å². The second-order valence-corrected chi connectivity index (χ2v) is 3.88. The molecule has 0 aliphatic rings. The van der Waals surface area contributed by atoms with Gasteiger partial charge in [-0.2, -0.15) is 0 Å². The molecule has 0 amide bonds. The molecule has 0 saturated carbocycles. The summed E-state index contributed by atoms with van der Waals surface area (Å²) < 4.78 is 4.98. The average Bonchev–Trinajstić information content (AvgIpc) is 2.39. The Balaban J connectivity index is 2.46. The van der Waals surface area contributed by atoms with E-state index in [1.807, 2.05) is 12.1 Å². The Hall–Kier alpha value is -1.87. The zero-order valence-electron chi connectivity index (χ0n) is 9.18. The maximum Gasteiger partial charge on any atom is 0.223 e. The second-order valence-electron chi connectivity index (χ2n) is 3.45. The SMILES string of the molecule is COc1ncc(-c2ccc(Cl)cc2)cc1C=O. The fourth-order valence-corrected chi connectivity index (χ4v) is 1.65. The van der Waals surface area contributed by atoms with Crippen LogP contribution in [-0.4, -0.2) is 18.4 Å². The maximum absolute atomic E-state index is 10.9. The fourth-order valence-electron chi connectivity index (χ4n) is 1.52. The van der Waals surface area contributed by atoms with E-state index < -0.39 is 0 Å². The van der Waals surface area contributed by atoms with Crippen LogP contribution in [-0.2, 0) is 0 Å². The number of carbonyl (C=O) groups is 1. The van der Waals surface area contributed by atoms with Crippen LogP contribution in [0.15, 0.2) is 36.5 Å². The van der Waals surface area contributed by atoms with Crippen molar-refractivity contribution in [1.29, 1.82) is 0 Å². The normalized spacial score (nSPS) is 10.0. The highest BCUT2D eigenvalue weighted by atomic mass is 35.5. The van der Waals surface area contributed by atoms with E-state index in [2.05, 4.69) is 4.98 Å². The van der Waals surface area contributed by atoms with E-state index in [0.29, 0.717) is 16.5 Å². The molecule has 0 unspecified atom stereocenters. The molecule has 0 atom stereocenters. The first-order chi connectivity index (χ1) is 8.24. The number of hydrogen-bond acceptors (Lipinski definition) is 3. The van der Waals surface area contributed by atoms with Crippen molar-refractivity contribution >= 4 is 17.9 Å². The smallest absolute Gasteiger partial charge is 0.223 e. The number of halogens is 1. The summed E-state index contributed by atoms with van der Waals surface area (Å²) in [6.45, 7) is 0. The Morgan fingerprint density at radius 2 is 1.94 bits per heavy atom. The van der Waals surface area contributed by atoms with E-state index in [-0.39, 0.29) is 0 Å². The lowest BCUT2D eigenvalue weighted by Crippen LogP contribution is -1.94. The Kier molecular flexibility index (Phi) is 3.40. The molecule has 4 heteroatoms. The van der Waals surface area contributed by atoms with Gasteiger partial charge in [-0.15, -0.1) is 0 Å². The zero-order chi connectivity index (χ0) is 12.3. The van der Waals surface area contributed by atoms with Crippen LogP contribution in [0.5, 0.6) is 5.88 Å². The Labute approximate surface area is 104 Å². The van der Waals surface area contributed by atoms with Crippen LogP contribution in [0, 0.1) is 0 Å². The number of carbonyl (C=O) groups excluding carboxylic acids is 1. The fraction of sp³-hybridized carbons (Fsp3) is 0.0769. The lowest BCUT2D eigenvalue weighted by molar-refractivity contribution is 0.112. The van der Waals surface area contributed by atoms with Crippen molar-refractivity contribution in [1.82, 2.24) is 4.98 Å². The highest BCUT2D eigenvalue weighted by Gasteiger charge is 2.06. The van der Waals surface area contributed by atoms with Crippen molar-refractivity contribution in [2.24, 2.45) is 0 Å². The molecule has 0 radical (unpaired) electrons. The van der Waals surface area contributed by atoms with E-state index >= 15 is 0 Å². The van der Waals surface area contributed by atoms with E-state index in [1.54, 1.807) is 24.4 Å². The molecule has 0 aliphatic carbocycles. The molecule has 0 fully saturated rings. The van der Waals surface area contributed by atoms with Gasteiger partial charge in [-0.25, -0.2) is 4.98 Å². The second kappa shape index (κ2) is 4.97. The van der Waals surface area contributed by atoms with Crippen molar-refractivity contribution in [2.75, 3.05) is 7.11 Å². The molecule has 2 aromatic rings. The highest BCUT2D eigenvalue weighted by Crippen LogP contribution is 2.24. The Morgan fingerprint density at radius 3 is 2.53 bits per heavy atom. The van der Waals surface area contributed by atoms with Gasteiger partial charge in [0.25, 0.3) is 0 Å². The number of pyridine rings is 1. The van der Waals surface area contributed by atoms with Gasteiger partial charge < -0.3 is 4.74 Å². The van der Waals surface area contributed by atoms with Gasteiger partial charge in [-0.1, -0.05) is 23.7 Å². The third-order valence-electron chi connectivity index (χ3n) is 2.38. The molecule has 1 aromatic heterocycles. The number of aromatic nitrogens is 1. The largest absolute Gasteiger partial charge is 0.480 e. The molecule has 1 aromatic carbocycles. The number of rotatable bonds is 3. The van der Waals surface area contributed by atoms with E-state index in [0.717, 1.165) is 17.4 Å². The van der Waals surface area contributed by atoms with Crippen molar-refractivity contribution in [3.05, 3.63) is 47.1 Å². The monoisotopic (exact) mass is 247 g/mol. The van der Waals surface area contributed by atoms with Gasteiger partial charge in [0.1, 0.15) is 0 Å². The third-order valence-corrected chi connectivity index (χ3v) is 2.63. The van der Waals surface area contributed by atoms with Crippen LogP contribution in [0.4, 0.5) is 0 Å². The number of methoxy groups -OCH3 is 1. The summed E-state index contributed by atoms with van der Waals surface area (Å²) in [6, 6.07) is 9.08. The lowest BCUT2D eigenvalue weighted by atomic mass is 10.1. The maximum atomic E-state index is 10.9. The Morgan fingerprint density at radius 1 is 1.24 bits per heavy atom. The predicted molar refractivity (Wildman–Crippen MR) is 66.6 cm³/mol. The number of nitrogens with zero attached hydrogens (tertiary/aromatic N) is 1. The molecule has 0 N–H and O–H groups in total. The van der Waals surface area contributed by atoms with Crippen molar-refractivity contribution in [2.45, 2.75) is 0 Å². The van der Waals surface area contributed by atoms with E-state index in [9.17, 15) is 4.79 Å². The molecule has 3 nitrogen and oxygen atoms in total. The molecular weight excluding hydrogens is 238 g/mol. The average molecular weight is 248 g/mol. The first-order valence-corrected chi connectivity index (χ1v) is 5.37. The van der Waals surface area contributed by atoms with Crippen molar-refractivity contribution < 1.29 is 9.53 Å². The summed E-state index contributed by atoms with van der Waals surface area (Å²) in [4.78, 5) is 15.0. The van der Waals surface area contributed by atoms with E-state index in [1.165, 1.54) is 7.11 Å². The van der Waals surface area contributed by atoms with Gasteiger partial charge in [0, 0.05) is 16.8 Å². The molecular formula is C13H10ClNO2. The summed E-state index contributed by atoms with van der Waals surface area (Å²) in [7, 11) is 1.48. The standard InChI is InChI=1S/C13H10ClNO2/c1-17-13-11(8-16)6-10(7-15-13)9-2-4-12(14)5-3-9/h2-8H,1H3. The number of ether oxygens (including phenoxy) is 1. The summed E-state index contributed by atoms with van der Waals surface area (Å²) in [5.41, 5.74) is 2.23. The number of hydrogen-bond donors (Lipinski definition) is 0. The van der Waals surface area contributed by atoms with Crippen LogP contribution in [0.3, 0.4) is 0 Å². The predicted octanol–water partition coefficient (Wildman–Crippen LogP) is 3.22. The summed E-state index contributed by atoms with van der Waals surface area (Å²) in [5, 5.41) is 0.672. The van der Waals surface area contributed by atoms with Gasteiger partial charge in [0.2, 0.25) is 5.88 Å². The summed E-state index contributed by atoms with van der Waals surface area (Å²) in [5.74, 6) is 0.331. The number of aldehydes is 1. The minimum absolute atomic E-state index is 0.331. The topological polar surface area (TPSA) is 39.2 Å². The van der Waals surface area contributed by atoms with Crippen LogP contribution < -0.4 is 4.74 Å². The van der Waals surface area contributed by atoms with Crippen LogP contribution in [0.1, 0.15) is 10.4 Å². The molecule has 1 heterocycles. The van der Waals surface area contributed by atoms with Crippen LogP contribution >= 0.6 is 11.6 Å². The summed E-state index contributed by atoms with van der Waals surface area (Å²) in [6.07, 6.45) is 2.39. The molecule has 17 heavy (non-hydrogen) atoms. The highest BCUT2D eigenvalue weighted by molar-refractivity contribution is 6.30. The van der Waals surface area contributed by atoms with Gasteiger partial charge >= 0.3 is 0 Å². The minimum atomic E-state index is 0.331. The minimum Gasteiger partial charge on any atom is -0.480 e. The van der Waals surface area contributed by atoms with Crippen LogP contribution in [0.2, 0.25) is 5.02 Å². The van der Waals surface area contributed by atoms with Gasteiger partial charge in [-0.05, 0) is 23.8 Å². The third kappa shape index (κ3) is 2.45. The molecule has 86 valence electrons. The zero-order valence-corrected chi connectivity index (χ0v) is 9.94. The van der Waals surface area contributed by atoms with Gasteiger partial charge in [-0.3, -0.25) is 4.79 Å².